The molecule has 1 atom stereocenters. The largest absolute Gasteiger partial charge is 0.486 e. The lowest BCUT2D eigenvalue weighted by atomic mass is 9.99. The zero-order valence-electron chi connectivity index (χ0n) is 23.5. The maximum Gasteiger partial charge on any atom is 0.336 e. The van der Waals surface area contributed by atoms with Gasteiger partial charge >= 0.3 is 5.97 Å². The van der Waals surface area contributed by atoms with Crippen molar-refractivity contribution in [2.45, 2.75) is 45.6 Å². The molecule has 0 amide bonds. The Bertz CT molecular complexity index is 1520. The topological polar surface area (TPSA) is 116 Å². The number of hydrogen-bond acceptors (Lipinski definition) is 5. The van der Waals surface area contributed by atoms with Crippen LogP contribution in [0.5, 0.6) is 5.75 Å². The first-order valence-electron chi connectivity index (χ1n) is 13.9. The quantitative estimate of drug-likeness (QED) is 0.0715. The summed E-state index contributed by atoms with van der Waals surface area (Å²) in [6, 6.07) is 26.4. The van der Waals surface area contributed by atoms with E-state index in [-0.39, 0.29) is 22.7 Å². The van der Waals surface area contributed by atoms with Crippen molar-refractivity contribution in [1.82, 2.24) is 0 Å². The van der Waals surface area contributed by atoms with E-state index in [9.17, 15) is 14.7 Å². The van der Waals surface area contributed by atoms with Gasteiger partial charge in [-0.15, -0.1) is 0 Å². The van der Waals surface area contributed by atoms with Crippen LogP contribution in [0.3, 0.4) is 0 Å². The minimum absolute atomic E-state index is 0.0109. The molecule has 0 aliphatic heterocycles. The second-order valence-corrected chi connectivity index (χ2v) is 10.1. The van der Waals surface area contributed by atoms with Crippen LogP contribution in [0.2, 0.25) is 0 Å². The second-order valence-electron chi connectivity index (χ2n) is 10.1. The molecular formula is C35H36N2O4. The summed E-state index contributed by atoms with van der Waals surface area (Å²) in [4.78, 5) is 24.5. The Labute approximate surface area is 241 Å². The van der Waals surface area contributed by atoms with Gasteiger partial charge in [-0.05, 0) is 72.4 Å². The summed E-state index contributed by atoms with van der Waals surface area (Å²) >= 11 is 0. The molecule has 4 aromatic carbocycles. The molecule has 4 aromatic rings. The number of carbonyl (C=O) groups excluding carboxylic acids is 1. The summed E-state index contributed by atoms with van der Waals surface area (Å²) in [6.07, 6.45) is 7.48. The Hall–Kier alpha value is -4.84. The number of nitrogens with two attached hydrogens (primary N) is 2. The van der Waals surface area contributed by atoms with Crippen LogP contribution >= 0.6 is 0 Å². The van der Waals surface area contributed by atoms with Gasteiger partial charge in [-0.25, -0.2) is 4.79 Å². The third-order valence-corrected chi connectivity index (χ3v) is 7.02. The van der Waals surface area contributed by atoms with Crippen molar-refractivity contribution in [2.24, 2.45) is 0 Å². The fraction of sp³-hybridized carbons (Fsp3) is 0.200. The van der Waals surface area contributed by atoms with E-state index < -0.39 is 12.1 Å². The Morgan fingerprint density at radius 3 is 2.12 bits per heavy atom. The number of carboxylic acid groups (broad SMARTS) is 1. The van der Waals surface area contributed by atoms with E-state index in [2.05, 4.69) is 31.2 Å². The van der Waals surface area contributed by atoms with E-state index in [1.165, 1.54) is 37.0 Å². The highest BCUT2D eigenvalue weighted by Gasteiger charge is 2.21. The van der Waals surface area contributed by atoms with Crippen LogP contribution in [-0.4, -0.2) is 16.9 Å². The van der Waals surface area contributed by atoms with E-state index in [0.717, 1.165) is 23.1 Å². The molecule has 0 heterocycles. The van der Waals surface area contributed by atoms with Gasteiger partial charge in [0.2, 0.25) is 0 Å². The van der Waals surface area contributed by atoms with E-state index in [1.807, 2.05) is 36.4 Å². The Kier molecular flexibility index (Phi) is 9.59. The van der Waals surface area contributed by atoms with Crippen LogP contribution in [0.25, 0.3) is 17.2 Å². The van der Waals surface area contributed by atoms with Gasteiger partial charge < -0.3 is 21.3 Å². The number of unbranched alkanes of at least 4 members (excludes halogenated alkanes) is 2. The molecule has 0 aliphatic rings. The van der Waals surface area contributed by atoms with E-state index in [0.29, 0.717) is 16.9 Å². The molecule has 0 fully saturated rings. The Morgan fingerprint density at radius 1 is 0.878 bits per heavy atom. The predicted molar refractivity (Wildman–Crippen MR) is 166 cm³/mol. The Morgan fingerprint density at radius 2 is 1.51 bits per heavy atom. The third-order valence-electron chi connectivity index (χ3n) is 7.02. The number of carbonyl (C=O) groups is 2. The molecule has 6 heteroatoms. The summed E-state index contributed by atoms with van der Waals surface area (Å²) in [6.45, 7) is 3.95. The fourth-order valence-electron chi connectivity index (χ4n) is 4.79. The minimum Gasteiger partial charge on any atom is -0.486 e. The van der Waals surface area contributed by atoms with Gasteiger partial charge in [0.05, 0.1) is 5.56 Å². The number of carboxylic acids is 1. The molecular weight excluding hydrogens is 512 g/mol. The number of ketones is 1. The van der Waals surface area contributed by atoms with Gasteiger partial charge in [-0.3, -0.25) is 4.79 Å². The fourth-order valence-corrected chi connectivity index (χ4v) is 4.79. The van der Waals surface area contributed by atoms with Crippen molar-refractivity contribution >= 4 is 29.2 Å². The standard InChI is InChI=1S/C35H36N2O4/c1-3-4-5-6-24-7-12-26(13-8-24)27-14-16-28(17-15-27)33(38)20-11-25-9-18-30(19-10-25)41-23(2)34-31(35(39)40)21-29(36)22-32(34)37/h7-23H,3-6,36-37H2,1-2H3,(H,39,40)/b20-11+. The highest BCUT2D eigenvalue weighted by Crippen LogP contribution is 2.31. The van der Waals surface area contributed by atoms with Crippen molar-refractivity contribution in [2.75, 3.05) is 11.5 Å². The summed E-state index contributed by atoms with van der Waals surface area (Å²) in [7, 11) is 0. The monoisotopic (exact) mass is 548 g/mol. The van der Waals surface area contributed by atoms with Crippen molar-refractivity contribution in [3.05, 3.63) is 119 Å². The lowest BCUT2D eigenvalue weighted by molar-refractivity contribution is 0.0691. The van der Waals surface area contributed by atoms with Gasteiger partial charge in [0.25, 0.3) is 0 Å². The summed E-state index contributed by atoms with van der Waals surface area (Å²) in [5.41, 5.74) is 17.7. The van der Waals surface area contributed by atoms with Crippen molar-refractivity contribution in [3.8, 4) is 16.9 Å². The molecule has 0 saturated carbocycles. The third kappa shape index (κ3) is 7.63. The number of allylic oxidation sites excluding steroid dienone is 1. The zero-order valence-corrected chi connectivity index (χ0v) is 23.5. The van der Waals surface area contributed by atoms with Crippen molar-refractivity contribution < 1.29 is 19.4 Å². The number of benzene rings is 4. The number of nitrogen functional groups attached to an aromatic ring is 2. The minimum atomic E-state index is -1.12. The first-order chi connectivity index (χ1) is 19.7. The van der Waals surface area contributed by atoms with E-state index >= 15 is 0 Å². The van der Waals surface area contributed by atoms with Crippen molar-refractivity contribution in [1.29, 1.82) is 0 Å². The van der Waals surface area contributed by atoms with Gasteiger partial charge in [0.1, 0.15) is 11.9 Å². The molecule has 0 bridgehead atoms. The molecule has 41 heavy (non-hydrogen) atoms. The average molecular weight is 549 g/mol. The predicted octanol–water partition coefficient (Wildman–Crippen LogP) is 7.99. The molecule has 5 N–H and O–H groups in total. The number of hydrogen-bond donors (Lipinski definition) is 3. The lowest BCUT2D eigenvalue weighted by Gasteiger charge is -2.19. The van der Waals surface area contributed by atoms with Gasteiger partial charge in [0.15, 0.2) is 5.78 Å². The highest BCUT2D eigenvalue weighted by atomic mass is 16.5. The van der Waals surface area contributed by atoms with Crippen LogP contribution in [0, 0.1) is 0 Å². The maximum atomic E-state index is 12.8. The first-order valence-corrected chi connectivity index (χ1v) is 13.9. The van der Waals surface area contributed by atoms with E-state index in [1.54, 1.807) is 31.2 Å². The van der Waals surface area contributed by atoms with E-state index in [4.69, 9.17) is 16.2 Å². The summed E-state index contributed by atoms with van der Waals surface area (Å²) < 4.78 is 5.96. The molecule has 0 radical (unpaired) electrons. The zero-order chi connectivity index (χ0) is 29.4. The number of aryl methyl sites for hydroxylation is 1. The smallest absolute Gasteiger partial charge is 0.336 e. The molecule has 0 spiro atoms. The molecule has 0 saturated heterocycles. The van der Waals surface area contributed by atoms with Gasteiger partial charge in [0, 0.05) is 22.5 Å². The normalized spacial score (nSPS) is 11.9. The van der Waals surface area contributed by atoms with Gasteiger partial charge in [-0.2, -0.15) is 0 Å². The number of aromatic carboxylic acids is 1. The second kappa shape index (κ2) is 13.5. The molecule has 1 unspecified atom stereocenters. The maximum absolute atomic E-state index is 12.8. The summed E-state index contributed by atoms with van der Waals surface area (Å²) in [5, 5.41) is 9.56. The number of rotatable bonds is 12. The lowest BCUT2D eigenvalue weighted by Crippen LogP contribution is -2.13. The molecule has 210 valence electrons. The van der Waals surface area contributed by atoms with Crippen LogP contribution in [-0.2, 0) is 6.42 Å². The van der Waals surface area contributed by atoms with Crippen LogP contribution in [0.4, 0.5) is 11.4 Å². The molecule has 4 rings (SSSR count). The molecule has 6 nitrogen and oxygen atoms in total. The number of anilines is 2. The van der Waals surface area contributed by atoms with Crippen LogP contribution < -0.4 is 16.2 Å². The highest BCUT2D eigenvalue weighted by molar-refractivity contribution is 6.07. The first kappa shape index (κ1) is 29.2. The van der Waals surface area contributed by atoms with Crippen LogP contribution in [0.1, 0.15) is 76.6 Å². The van der Waals surface area contributed by atoms with Crippen LogP contribution in [0.15, 0.2) is 91.0 Å². The van der Waals surface area contributed by atoms with Crippen molar-refractivity contribution in [3.63, 3.8) is 0 Å². The summed E-state index contributed by atoms with van der Waals surface area (Å²) in [5.74, 6) is -0.670. The number of ether oxygens (including phenoxy) is 1. The SMILES string of the molecule is CCCCCc1ccc(-c2ccc(C(=O)/C=C/c3ccc(OC(C)c4c(N)cc(N)cc4C(=O)O)cc3)cc2)cc1. The Balaban J connectivity index is 1.36. The molecule has 0 aromatic heterocycles. The van der Waals surface area contributed by atoms with Gasteiger partial charge in [-0.1, -0.05) is 86.5 Å². The molecule has 0 aliphatic carbocycles. The average Bonchev–Trinajstić information content (AvgIpc) is 2.96.